The number of anilines is 1. The SMILES string of the molecule is Cc1cc(NC(C)c2ccc(F)cc2O)cnc1Br. The maximum Gasteiger partial charge on any atom is 0.126 e. The minimum Gasteiger partial charge on any atom is -0.507 e. The quantitative estimate of drug-likeness (QED) is 0.833. The van der Waals surface area contributed by atoms with Crippen LogP contribution in [-0.2, 0) is 0 Å². The predicted molar refractivity (Wildman–Crippen MR) is 76.8 cm³/mol. The molecule has 0 aliphatic heterocycles. The molecule has 2 aromatic rings. The average molecular weight is 325 g/mol. The van der Waals surface area contributed by atoms with Gasteiger partial charge in [0.1, 0.15) is 16.2 Å². The van der Waals surface area contributed by atoms with Crippen LogP contribution in [0.15, 0.2) is 35.1 Å². The first-order valence-corrected chi connectivity index (χ1v) is 6.64. The van der Waals surface area contributed by atoms with Crippen molar-refractivity contribution in [2.45, 2.75) is 19.9 Å². The lowest BCUT2D eigenvalue weighted by Gasteiger charge is -2.17. The van der Waals surface area contributed by atoms with E-state index in [1.54, 1.807) is 12.3 Å². The highest BCUT2D eigenvalue weighted by Crippen LogP contribution is 2.28. The van der Waals surface area contributed by atoms with E-state index >= 15 is 0 Å². The van der Waals surface area contributed by atoms with Gasteiger partial charge in [-0.05, 0) is 47.5 Å². The highest BCUT2D eigenvalue weighted by molar-refractivity contribution is 9.10. The van der Waals surface area contributed by atoms with Gasteiger partial charge in [-0.2, -0.15) is 0 Å². The lowest BCUT2D eigenvalue weighted by atomic mass is 10.1. The highest BCUT2D eigenvalue weighted by atomic mass is 79.9. The molecule has 1 unspecified atom stereocenters. The summed E-state index contributed by atoms with van der Waals surface area (Å²) in [6.45, 7) is 3.84. The van der Waals surface area contributed by atoms with E-state index in [1.165, 1.54) is 6.07 Å². The molecule has 1 atom stereocenters. The summed E-state index contributed by atoms with van der Waals surface area (Å²) in [4.78, 5) is 4.19. The van der Waals surface area contributed by atoms with Crippen LogP contribution < -0.4 is 5.32 Å². The second-order valence-corrected chi connectivity index (χ2v) is 5.15. The van der Waals surface area contributed by atoms with Gasteiger partial charge in [-0.25, -0.2) is 9.37 Å². The Bertz CT molecular complexity index is 604. The highest BCUT2D eigenvalue weighted by Gasteiger charge is 2.11. The van der Waals surface area contributed by atoms with Crippen molar-refractivity contribution >= 4 is 21.6 Å². The fourth-order valence-corrected chi connectivity index (χ4v) is 2.06. The maximum atomic E-state index is 12.9. The van der Waals surface area contributed by atoms with E-state index in [4.69, 9.17) is 0 Å². The maximum absolute atomic E-state index is 12.9. The summed E-state index contributed by atoms with van der Waals surface area (Å²) in [5, 5.41) is 13.0. The van der Waals surface area contributed by atoms with Gasteiger partial charge in [0, 0.05) is 11.6 Å². The third kappa shape index (κ3) is 3.23. The number of phenols is 1. The molecule has 0 fully saturated rings. The molecule has 1 aromatic heterocycles. The number of benzene rings is 1. The molecule has 1 aromatic carbocycles. The zero-order valence-electron chi connectivity index (χ0n) is 10.6. The van der Waals surface area contributed by atoms with Crippen LogP contribution in [0, 0.1) is 12.7 Å². The molecule has 3 nitrogen and oxygen atoms in total. The Balaban J connectivity index is 2.20. The van der Waals surface area contributed by atoms with Gasteiger partial charge in [0.25, 0.3) is 0 Å². The molecule has 0 bridgehead atoms. The van der Waals surface area contributed by atoms with Crippen molar-refractivity contribution in [3.63, 3.8) is 0 Å². The largest absolute Gasteiger partial charge is 0.507 e. The first-order valence-electron chi connectivity index (χ1n) is 5.84. The molecule has 0 amide bonds. The fourth-order valence-electron chi connectivity index (χ4n) is 1.85. The van der Waals surface area contributed by atoms with E-state index in [2.05, 4.69) is 26.2 Å². The summed E-state index contributed by atoms with van der Waals surface area (Å²) < 4.78 is 13.7. The fraction of sp³-hybridized carbons (Fsp3) is 0.214. The molecule has 0 saturated heterocycles. The molecule has 2 rings (SSSR count). The van der Waals surface area contributed by atoms with Crippen molar-refractivity contribution in [2.24, 2.45) is 0 Å². The van der Waals surface area contributed by atoms with Crippen LogP contribution >= 0.6 is 15.9 Å². The third-order valence-electron chi connectivity index (χ3n) is 2.86. The van der Waals surface area contributed by atoms with Gasteiger partial charge in [-0.1, -0.05) is 6.07 Å². The summed E-state index contributed by atoms with van der Waals surface area (Å²) in [6.07, 6.45) is 1.70. The van der Waals surface area contributed by atoms with Gasteiger partial charge in [-0.3, -0.25) is 0 Å². The van der Waals surface area contributed by atoms with E-state index in [-0.39, 0.29) is 11.8 Å². The summed E-state index contributed by atoms with van der Waals surface area (Å²) >= 11 is 3.34. The minimum absolute atomic E-state index is 0.0539. The number of hydrogen-bond donors (Lipinski definition) is 2. The van der Waals surface area contributed by atoms with E-state index < -0.39 is 5.82 Å². The third-order valence-corrected chi connectivity index (χ3v) is 3.69. The number of nitrogens with zero attached hydrogens (tertiary/aromatic N) is 1. The molecule has 5 heteroatoms. The standard InChI is InChI=1S/C14H14BrFN2O/c1-8-5-11(7-17-14(8)15)18-9(2)12-4-3-10(16)6-13(12)19/h3-7,9,18-19H,1-2H3. The van der Waals surface area contributed by atoms with Crippen LogP contribution in [0.3, 0.4) is 0 Å². The lowest BCUT2D eigenvalue weighted by Crippen LogP contribution is -2.07. The number of hydrogen-bond acceptors (Lipinski definition) is 3. The van der Waals surface area contributed by atoms with E-state index in [0.717, 1.165) is 21.9 Å². The van der Waals surface area contributed by atoms with Crippen molar-refractivity contribution in [1.82, 2.24) is 4.98 Å². The van der Waals surface area contributed by atoms with Gasteiger partial charge in [0.15, 0.2) is 0 Å². The van der Waals surface area contributed by atoms with E-state index in [9.17, 15) is 9.50 Å². The average Bonchev–Trinajstić information content (AvgIpc) is 2.33. The number of halogens is 2. The van der Waals surface area contributed by atoms with Crippen LogP contribution in [0.25, 0.3) is 0 Å². The number of nitrogens with one attached hydrogen (secondary N) is 1. The zero-order chi connectivity index (χ0) is 14.0. The summed E-state index contributed by atoms with van der Waals surface area (Å²) in [5.41, 5.74) is 2.50. The molecule has 0 saturated carbocycles. The normalized spacial score (nSPS) is 12.2. The van der Waals surface area contributed by atoms with Crippen molar-refractivity contribution < 1.29 is 9.50 Å². The number of aromatic hydroxyl groups is 1. The smallest absolute Gasteiger partial charge is 0.126 e. The topological polar surface area (TPSA) is 45.1 Å². The summed E-state index contributed by atoms with van der Waals surface area (Å²) in [5.74, 6) is -0.503. The molecule has 2 N–H and O–H groups in total. The Morgan fingerprint density at radius 2 is 2.11 bits per heavy atom. The Labute approximate surface area is 119 Å². The number of pyridine rings is 1. The van der Waals surface area contributed by atoms with Crippen LogP contribution in [0.2, 0.25) is 0 Å². The Morgan fingerprint density at radius 1 is 1.37 bits per heavy atom. The summed E-state index contributed by atoms with van der Waals surface area (Å²) in [6, 6.07) is 5.81. The number of rotatable bonds is 3. The molecule has 100 valence electrons. The Kier molecular flexibility index (Phi) is 4.04. The molecular formula is C14H14BrFN2O. The number of aryl methyl sites for hydroxylation is 1. The van der Waals surface area contributed by atoms with Crippen LogP contribution in [0.4, 0.5) is 10.1 Å². The lowest BCUT2D eigenvalue weighted by molar-refractivity contribution is 0.459. The second-order valence-electron chi connectivity index (χ2n) is 4.40. The zero-order valence-corrected chi connectivity index (χ0v) is 12.2. The molecule has 1 heterocycles. The van der Waals surface area contributed by atoms with Crippen molar-refractivity contribution in [1.29, 1.82) is 0 Å². The van der Waals surface area contributed by atoms with Gasteiger partial charge >= 0.3 is 0 Å². The van der Waals surface area contributed by atoms with Crippen LogP contribution in [-0.4, -0.2) is 10.1 Å². The van der Waals surface area contributed by atoms with E-state index in [0.29, 0.717) is 5.56 Å². The van der Waals surface area contributed by atoms with Crippen LogP contribution in [0.1, 0.15) is 24.1 Å². The molecular weight excluding hydrogens is 311 g/mol. The van der Waals surface area contributed by atoms with Gasteiger partial charge < -0.3 is 10.4 Å². The molecule has 0 aliphatic rings. The molecule has 0 spiro atoms. The predicted octanol–water partition coefficient (Wildman–Crippen LogP) is 4.17. The molecule has 19 heavy (non-hydrogen) atoms. The first kappa shape index (κ1) is 13.8. The van der Waals surface area contributed by atoms with Crippen molar-refractivity contribution in [3.05, 3.63) is 52.0 Å². The monoisotopic (exact) mass is 324 g/mol. The number of phenolic OH excluding ortho intramolecular Hbond substituents is 1. The summed E-state index contributed by atoms with van der Waals surface area (Å²) in [7, 11) is 0. The van der Waals surface area contributed by atoms with Crippen molar-refractivity contribution in [2.75, 3.05) is 5.32 Å². The minimum atomic E-state index is -0.449. The van der Waals surface area contributed by atoms with Gasteiger partial charge in [0.05, 0.1) is 17.9 Å². The van der Waals surface area contributed by atoms with Crippen molar-refractivity contribution in [3.8, 4) is 5.75 Å². The molecule has 0 radical (unpaired) electrons. The van der Waals surface area contributed by atoms with E-state index in [1.807, 2.05) is 19.9 Å². The Morgan fingerprint density at radius 3 is 2.74 bits per heavy atom. The Hall–Kier alpha value is -1.62. The first-order chi connectivity index (χ1) is 8.97. The number of aromatic nitrogens is 1. The van der Waals surface area contributed by atoms with Gasteiger partial charge in [-0.15, -0.1) is 0 Å². The molecule has 0 aliphatic carbocycles. The van der Waals surface area contributed by atoms with Crippen LogP contribution in [0.5, 0.6) is 5.75 Å². The van der Waals surface area contributed by atoms with Gasteiger partial charge in [0.2, 0.25) is 0 Å². The second kappa shape index (κ2) is 5.57.